The molecule has 1 aliphatic heterocycles. The van der Waals surface area contributed by atoms with Crippen LogP contribution in [-0.4, -0.2) is 16.6 Å². The van der Waals surface area contributed by atoms with Crippen molar-refractivity contribution in [2.75, 3.05) is 0 Å². The van der Waals surface area contributed by atoms with Crippen molar-refractivity contribution in [3.63, 3.8) is 0 Å². The summed E-state index contributed by atoms with van der Waals surface area (Å²) in [5.41, 5.74) is 2.40. The quantitative estimate of drug-likeness (QED) is 0.745. The SMILES string of the molecule is CCCC(=O)CC(=O)N1Cc2ccccc2C1. The second-order valence-corrected chi connectivity index (χ2v) is 4.48. The minimum absolute atomic E-state index is 0.0420. The molecule has 0 bridgehead atoms. The molecule has 0 spiro atoms. The zero-order chi connectivity index (χ0) is 12.3. The highest BCUT2D eigenvalue weighted by molar-refractivity contribution is 5.98. The Morgan fingerprint density at radius 2 is 1.76 bits per heavy atom. The third-order valence-electron chi connectivity index (χ3n) is 3.07. The Bertz CT molecular complexity index is 415. The highest BCUT2D eigenvalue weighted by Gasteiger charge is 2.23. The lowest BCUT2D eigenvalue weighted by Crippen LogP contribution is -2.27. The van der Waals surface area contributed by atoms with Gasteiger partial charge in [-0.25, -0.2) is 0 Å². The molecule has 0 N–H and O–H groups in total. The molecule has 0 aromatic heterocycles. The number of hydrogen-bond donors (Lipinski definition) is 0. The molecule has 1 aliphatic rings. The van der Waals surface area contributed by atoms with Crippen molar-refractivity contribution in [3.05, 3.63) is 35.4 Å². The fraction of sp³-hybridized carbons (Fsp3) is 0.429. The minimum atomic E-state index is -0.0420. The summed E-state index contributed by atoms with van der Waals surface area (Å²) in [7, 11) is 0. The molecule has 17 heavy (non-hydrogen) atoms. The summed E-state index contributed by atoms with van der Waals surface area (Å²) in [4.78, 5) is 25.1. The third kappa shape index (κ3) is 2.73. The number of carbonyl (C=O) groups excluding carboxylic acids is 2. The summed E-state index contributed by atoms with van der Waals surface area (Å²) in [6, 6.07) is 8.04. The summed E-state index contributed by atoms with van der Waals surface area (Å²) in [5.74, 6) is 0.00751. The van der Waals surface area contributed by atoms with Crippen molar-refractivity contribution in [3.8, 4) is 0 Å². The first-order valence-corrected chi connectivity index (χ1v) is 6.07. The number of hydrogen-bond acceptors (Lipinski definition) is 2. The van der Waals surface area contributed by atoms with Gasteiger partial charge in [-0.15, -0.1) is 0 Å². The molecular weight excluding hydrogens is 214 g/mol. The first-order valence-electron chi connectivity index (χ1n) is 6.07. The van der Waals surface area contributed by atoms with Gasteiger partial charge < -0.3 is 4.90 Å². The molecule has 3 nitrogen and oxygen atoms in total. The molecule has 0 atom stereocenters. The maximum atomic E-state index is 11.9. The molecule has 1 aromatic carbocycles. The van der Waals surface area contributed by atoms with E-state index in [1.54, 1.807) is 4.90 Å². The molecule has 1 aromatic rings. The van der Waals surface area contributed by atoms with Crippen molar-refractivity contribution in [1.82, 2.24) is 4.90 Å². The van der Waals surface area contributed by atoms with E-state index in [2.05, 4.69) is 0 Å². The Kier molecular flexibility index (Phi) is 3.57. The van der Waals surface area contributed by atoms with Gasteiger partial charge in [-0.2, -0.15) is 0 Å². The van der Waals surface area contributed by atoms with Crippen LogP contribution in [-0.2, 0) is 22.7 Å². The van der Waals surface area contributed by atoms with Crippen LogP contribution in [0.5, 0.6) is 0 Å². The van der Waals surface area contributed by atoms with Gasteiger partial charge in [-0.1, -0.05) is 31.2 Å². The lowest BCUT2D eigenvalue weighted by atomic mass is 10.1. The van der Waals surface area contributed by atoms with Crippen LogP contribution in [0.4, 0.5) is 0 Å². The highest BCUT2D eigenvalue weighted by Crippen LogP contribution is 2.22. The van der Waals surface area contributed by atoms with Gasteiger partial charge >= 0.3 is 0 Å². The summed E-state index contributed by atoms with van der Waals surface area (Å²) >= 11 is 0. The summed E-state index contributed by atoms with van der Waals surface area (Å²) in [5, 5.41) is 0. The third-order valence-corrected chi connectivity index (χ3v) is 3.07. The monoisotopic (exact) mass is 231 g/mol. The topological polar surface area (TPSA) is 37.4 Å². The van der Waals surface area contributed by atoms with Crippen LogP contribution >= 0.6 is 0 Å². The van der Waals surface area contributed by atoms with E-state index in [-0.39, 0.29) is 18.1 Å². The van der Waals surface area contributed by atoms with Crippen LogP contribution in [0.2, 0.25) is 0 Å². The molecule has 0 saturated heterocycles. The van der Waals surface area contributed by atoms with Gasteiger partial charge in [0.1, 0.15) is 5.78 Å². The van der Waals surface area contributed by atoms with Crippen LogP contribution in [0.3, 0.4) is 0 Å². The first-order chi connectivity index (χ1) is 8.20. The van der Waals surface area contributed by atoms with E-state index in [1.165, 1.54) is 11.1 Å². The van der Waals surface area contributed by atoms with E-state index < -0.39 is 0 Å². The zero-order valence-corrected chi connectivity index (χ0v) is 10.1. The molecule has 0 saturated carbocycles. The number of fused-ring (bicyclic) bond motifs is 1. The molecule has 1 amide bonds. The number of ketones is 1. The predicted octanol–water partition coefficient (Wildman–Crippen LogP) is 2.29. The number of rotatable bonds is 4. The first kappa shape index (κ1) is 11.8. The molecule has 90 valence electrons. The largest absolute Gasteiger partial charge is 0.334 e. The average molecular weight is 231 g/mol. The molecule has 0 unspecified atom stereocenters. The Balaban J connectivity index is 1.94. The van der Waals surface area contributed by atoms with E-state index in [9.17, 15) is 9.59 Å². The Morgan fingerprint density at radius 3 is 2.29 bits per heavy atom. The second kappa shape index (κ2) is 5.13. The van der Waals surface area contributed by atoms with Crippen molar-refractivity contribution in [2.24, 2.45) is 0 Å². The second-order valence-electron chi connectivity index (χ2n) is 4.48. The van der Waals surface area contributed by atoms with Gasteiger partial charge in [0.25, 0.3) is 0 Å². The Labute approximate surface area is 101 Å². The Morgan fingerprint density at radius 1 is 1.18 bits per heavy atom. The molecule has 3 heteroatoms. The van der Waals surface area contributed by atoms with Crippen LogP contribution in [0, 0.1) is 0 Å². The normalized spacial score (nSPS) is 13.6. The molecule has 1 heterocycles. The highest BCUT2D eigenvalue weighted by atomic mass is 16.2. The summed E-state index contributed by atoms with van der Waals surface area (Å²) < 4.78 is 0. The standard InChI is InChI=1S/C14H17NO2/c1-2-5-13(16)8-14(17)15-9-11-6-3-4-7-12(11)10-15/h3-4,6-7H,2,5,8-10H2,1H3. The number of carbonyl (C=O) groups is 2. The maximum absolute atomic E-state index is 11.9. The number of benzene rings is 1. The summed E-state index contributed by atoms with van der Waals surface area (Å²) in [6.07, 6.45) is 1.38. The van der Waals surface area contributed by atoms with Crippen molar-refractivity contribution >= 4 is 11.7 Å². The molecule has 2 rings (SSSR count). The van der Waals surface area contributed by atoms with Crippen molar-refractivity contribution < 1.29 is 9.59 Å². The minimum Gasteiger partial charge on any atom is -0.334 e. The average Bonchev–Trinajstić information content (AvgIpc) is 2.72. The molecule has 0 aliphatic carbocycles. The van der Waals surface area contributed by atoms with Crippen LogP contribution in [0.25, 0.3) is 0 Å². The maximum Gasteiger partial charge on any atom is 0.230 e. The van der Waals surface area contributed by atoms with E-state index in [1.807, 2.05) is 31.2 Å². The van der Waals surface area contributed by atoms with E-state index in [4.69, 9.17) is 0 Å². The van der Waals surface area contributed by atoms with Gasteiger partial charge in [0.15, 0.2) is 0 Å². The van der Waals surface area contributed by atoms with Gasteiger partial charge in [0.2, 0.25) is 5.91 Å². The molecular formula is C14H17NO2. The predicted molar refractivity (Wildman–Crippen MR) is 65.2 cm³/mol. The van der Waals surface area contributed by atoms with E-state index >= 15 is 0 Å². The lowest BCUT2D eigenvalue weighted by Gasteiger charge is -2.14. The van der Waals surface area contributed by atoms with Gasteiger partial charge in [0.05, 0.1) is 6.42 Å². The van der Waals surface area contributed by atoms with E-state index in [0.717, 1.165) is 6.42 Å². The molecule has 0 radical (unpaired) electrons. The fourth-order valence-electron chi connectivity index (χ4n) is 2.16. The van der Waals surface area contributed by atoms with Crippen LogP contribution in [0.15, 0.2) is 24.3 Å². The fourth-order valence-corrected chi connectivity index (χ4v) is 2.16. The van der Waals surface area contributed by atoms with Crippen LogP contribution in [0.1, 0.15) is 37.3 Å². The van der Waals surface area contributed by atoms with Crippen LogP contribution < -0.4 is 0 Å². The van der Waals surface area contributed by atoms with Gasteiger partial charge in [-0.05, 0) is 17.5 Å². The lowest BCUT2D eigenvalue weighted by molar-refractivity contribution is -0.135. The number of amides is 1. The number of nitrogens with zero attached hydrogens (tertiary/aromatic N) is 1. The molecule has 0 fully saturated rings. The zero-order valence-electron chi connectivity index (χ0n) is 10.1. The van der Waals surface area contributed by atoms with Gasteiger partial charge in [-0.3, -0.25) is 9.59 Å². The van der Waals surface area contributed by atoms with E-state index in [0.29, 0.717) is 19.5 Å². The van der Waals surface area contributed by atoms with Crippen molar-refractivity contribution in [2.45, 2.75) is 39.3 Å². The summed E-state index contributed by atoms with van der Waals surface area (Å²) in [6.45, 7) is 3.25. The van der Waals surface area contributed by atoms with Gasteiger partial charge in [0, 0.05) is 19.5 Å². The smallest absolute Gasteiger partial charge is 0.230 e. The Hall–Kier alpha value is -1.64. The number of Topliss-reactive ketones (excluding diaryl/α,β-unsaturated/α-hetero) is 1. The van der Waals surface area contributed by atoms with Crippen molar-refractivity contribution in [1.29, 1.82) is 0 Å².